The Bertz CT molecular complexity index is 281. The smallest absolute Gasteiger partial charge is 0.317 e. The second kappa shape index (κ2) is 4.67. The molecule has 1 aromatic rings. The van der Waals surface area contributed by atoms with E-state index in [1.165, 1.54) is 0 Å². The molecule has 0 fully saturated rings. The summed E-state index contributed by atoms with van der Waals surface area (Å²) < 4.78 is 2.05. The lowest BCUT2D eigenvalue weighted by Gasteiger charge is -1.98. The summed E-state index contributed by atoms with van der Waals surface area (Å²) in [6.45, 7) is 3.63. The first-order valence-corrected chi connectivity index (χ1v) is 4.29. The lowest BCUT2D eigenvalue weighted by Crippen LogP contribution is -2.21. The van der Waals surface area contributed by atoms with Crippen LogP contribution >= 0.6 is 0 Å². The van der Waals surface area contributed by atoms with Crippen molar-refractivity contribution in [2.75, 3.05) is 6.54 Å². The largest absolute Gasteiger partial charge is 0.480 e. The van der Waals surface area contributed by atoms with E-state index in [9.17, 15) is 4.79 Å². The number of hydrogen-bond donors (Lipinski definition) is 2. The molecular weight excluding hydrogens is 168 g/mol. The summed E-state index contributed by atoms with van der Waals surface area (Å²) in [6, 6.07) is 1.98. The zero-order valence-corrected chi connectivity index (χ0v) is 7.66. The zero-order valence-electron chi connectivity index (χ0n) is 7.66. The molecule has 72 valence electrons. The summed E-state index contributed by atoms with van der Waals surface area (Å²) in [4.78, 5) is 10.2. The summed E-state index contributed by atoms with van der Waals surface area (Å²) in [7, 11) is 0. The first-order chi connectivity index (χ1) is 6.22. The molecule has 4 nitrogen and oxygen atoms in total. The SMILES string of the molecule is CCn1ccc(CNCC(=O)O)c1. The Labute approximate surface area is 77.2 Å². The Balaban J connectivity index is 2.32. The molecule has 0 aliphatic rings. The maximum atomic E-state index is 10.2. The minimum Gasteiger partial charge on any atom is -0.480 e. The van der Waals surface area contributed by atoms with Crippen LogP contribution in [0, 0.1) is 0 Å². The van der Waals surface area contributed by atoms with Crippen LogP contribution in [0.25, 0.3) is 0 Å². The number of carboxylic acids is 1. The molecule has 2 N–H and O–H groups in total. The summed E-state index contributed by atoms with van der Waals surface area (Å²) >= 11 is 0. The zero-order chi connectivity index (χ0) is 9.68. The monoisotopic (exact) mass is 182 g/mol. The van der Waals surface area contributed by atoms with Gasteiger partial charge in [0.25, 0.3) is 0 Å². The van der Waals surface area contributed by atoms with Crippen LogP contribution in [0.3, 0.4) is 0 Å². The van der Waals surface area contributed by atoms with Crippen LogP contribution in [0.4, 0.5) is 0 Å². The van der Waals surface area contributed by atoms with Gasteiger partial charge in [0.15, 0.2) is 0 Å². The number of hydrogen-bond acceptors (Lipinski definition) is 2. The highest BCUT2D eigenvalue weighted by molar-refractivity contribution is 5.68. The number of aryl methyl sites for hydroxylation is 1. The van der Waals surface area contributed by atoms with Crippen molar-refractivity contribution in [2.45, 2.75) is 20.0 Å². The number of carboxylic acid groups (broad SMARTS) is 1. The van der Waals surface area contributed by atoms with Gasteiger partial charge in [-0.15, -0.1) is 0 Å². The molecule has 0 aliphatic carbocycles. The lowest BCUT2D eigenvalue weighted by atomic mass is 10.3. The van der Waals surface area contributed by atoms with Crippen molar-refractivity contribution < 1.29 is 9.90 Å². The first kappa shape index (κ1) is 9.80. The minimum atomic E-state index is -0.824. The molecule has 1 aromatic heterocycles. The van der Waals surface area contributed by atoms with E-state index >= 15 is 0 Å². The van der Waals surface area contributed by atoms with Gasteiger partial charge in [0.1, 0.15) is 0 Å². The van der Waals surface area contributed by atoms with E-state index in [0.29, 0.717) is 6.54 Å². The summed E-state index contributed by atoms with van der Waals surface area (Å²) in [5, 5.41) is 11.2. The molecule has 4 heteroatoms. The molecule has 0 atom stereocenters. The second-order valence-corrected chi connectivity index (χ2v) is 2.85. The number of nitrogens with zero attached hydrogens (tertiary/aromatic N) is 1. The molecule has 0 aromatic carbocycles. The van der Waals surface area contributed by atoms with E-state index in [-0.39, 0.29) is 6.54 Å². The van der Waals surface area contributed by atoms with Gasteiger partial charge in [0, 0.05) is 25.5 Å². The van der Waals surface area contributed by atoms with Crippen LogP contribution in [0.5, 0.6) is 0 Å². The van der Waals surface area contributed by atoms with E-state index < -0.39 is 5.97 Å². The quantitative estimate of drug-likeness (QED) is 0.704. The highest BCUT2D eigenvalue weighted by atomic mass is 16.4. The molecule has 0 aliphatic heterocycles. The second-order valence-electron chi connectivity index (χ2n) is 2.85. The molecule has 0 radical (unpaired) electrons. The average Bonchev–Trinajstić information content (AvgIpc) is 2.52. The number of rotatable bonds is 5. The Morgan fingerprint density at radius 1 is 1.69 bits per heavy atom. The van der Waals surface area contributed by atoms with Crippen molar-refractivity contribution in [2.24, 2.45) is 0 Å². The Morgan fingerprint density at radius 3 is 3.00 bits per heavy atom. The van der Waals surface area contributed by atoms with Crippen LogP contribution in [0.15, 0.2) is 18.5 Å². The maximum Gasteiger partial charge on any atom is 0.317 e. The predicted octanol–water partition coefficient (Wildman–Crippen LogP) is 0.682. The molecule has 0 unspecified atom stereocenters. The van der Waals surface area contributed by atoms with Gasteiger partial charge in [0.2, 0.25) is 0 Å². The Kier molecular flexibility index (Phi) is 3.52. The molecule has 0 saturated carbocycles. The third-order valence-electron chi connectivity index (χ3n) is 1.78. The van der Waals surface area contributed by atoms with Gasteiger partial charge < -0.3 is 15.0 Å². The maximum absolute atomic E-state index is 10.2. The predicted molar refractivity (Wildman–Crippen MR) is 49.4 cm³/mol. The first-order valence-electron chi connectivity index (χ1n) is 4.29. The fourth-order valence-corrected chi connectivity index (χ4v) is 1.11. The molecule has 0 amide bonds. The highest BCUT2D eigenvalue weighted by Crippen LogP contribution is 1.99. The fourth-order valence-electron chi connectivity index (χ4n) is 1.11. The van der Waals surface area contributed by atoms with E-state index in [0.717, 1.165) is 12.1 Å². The normalized spacial score (nSPS) is 10.2. The van der Waals surface area contributed by atoms with Crippen molar-refractivity contribution in [3.63, 3.8) is 0 Å². The van der Waals surface area contributed by atoms with Gasteiger partial charge >= 0.3 is 5.97 Å². The molecule has 0 bridgehead atoms. The summed E-state index contributed by atoms with van der Waals surface area (Å²) in [6.07, 6.45) is 3.99. The Morgan fingerprint density at radius 2 is 2.46 bits per heavy atom. The number of aromatic nitrogens is 1. The van der Waals surface area contributed by atoms with E-state index in [1.54, 1.807) is 0 Å². The van der Waals surface area contributed by atoms with Gasteiger partial charge in [-0.05, 0) is 18.6 Å². The Hall–Kier alpha value is -1.29. The van der Waals surface area contributed by atoms with Crippen LogP contribution in [-0.4, -0.2) is 22.2 Å². The third kappa shape index (κ3) is 3.29. The van der Waals surface area contributed by atoms with Gasteiger partial charge in [-0.1, -0.05) is 0 Å². The van der Waals surface area contributed by atoms with Gasteiger partial charge in [-0.2, -0.15) is 0 Å². The fraction of sp³-hybridized carbons (Fsp3) is 0.444. The molecule has 1 rings (SSSR count). The van der Waals surface area contributed by atoms with E-state index in [2.05, 4.69) is 16.8 Å². The lowest BCUT2D eigenvalue weighted by molar-refractivity contribution is -0.135. The molecular formula is C9H14N2O2. The summed E-state index contributed by atoms with van der Waals surface area (Å²) in [5.41, 5.74) is 1.11. The van der Waals surface area contributed by atoms with Crippen molar-refractivity contribution in [1.29, 1.82) is 0 Å². The van der Waals surface area contributed by atoms with Gasteiger partial charge in [-0.25, -0.2) is 0 Å². The van der Waals surface area contributed by atoms with Gasteiger partial charge in [-0.3, -0.25) is 4.79 Å². The number of aliphatic carboxylic acids is 1. The standard InChI is InChI=1S/C9H14N2O2/c1-2-11-4-3-8(7-11)5-10-6-9(12)13/h3-4,7,10H,2,5-6H2,1H3,(H,12,13). The summed E-state index contributed by atoms with van der Waals surface area (Å²) in [5.74, 6) is -0.824. The van der Waals surface area contributed by atoms with Crippen LogP contribution < -0.4 is 5.32 Å². The molecule has 0 spiro atoms. The molecule has 13 heavy (non-hydrogen) atoms. The van der Waals surface area contributed by atoms with Crippen LogP contribution in [0.1, 0.15) is 12.5 Å². The van der Waals surface area contributed by atoms with Gasteiger partial charge in [0.05, 0.1) is 6.54 Å². The highest BCUT2D eigenvalue weighted by Gasteiger charge is 1.97. The van der Waals surface area contributed by atoms with Crippen LogP contribution in [-0.2, 0) is 17.9 Å². The number of nitrogens with one attached hydrogen (secondary N) is 1. The molecule has 0 saturated heterocycles. The number of carbonyl (C=O) groups is 1. The van der Waals surface area contributed by atoms with Crippen molar-refractivity contribution in [3.8, 4) is 0 Å². The van der Waals surface area contributed by atoms with Crippen LogP contribution in [0.2, 0.25) is 0 Å². The topological polar surface area (TPSA) is 54.3 Å². The van der Waals surface area contributed by atoms with Crippen molar-refractivity contribution in [3.05, 3.63) is 24.0 Å². The van der Waals surface area contributed by atoms with E-state index in [1.807, 2.05) is 18.5 Å². The minimum absolute atomic E-state index is 0.0112. The van der Waals surface area contributed by atoms with Crippen molar-refractivity contribution in [1.82, 2.24) is 9.88 Å². The molecule has 1 heterocycles. The third-order valence-corrected chi connectivity index (χ3v) is 1.78. The van der Waals surface area contributed by atoms with E-state index in [4.69, 9.17) is 5.11 Å². The average molecular weight is 182 g/mol. The van der Waals surface area contributed by atoms with Crippen molar-refractivity contribution >= 4 is 5.97 Å².